The van der Waals surface area contributed by atoms with Crippen molar-refractivity contribution >= 4 is 12.2 Å². The largest absolute Gasteiger partial charge is 0.282 e. The van der Waals surface area contributed by atoms with Crippen molar-refractivity contribution in [3.63, 3.8) is 0 Å². The van der Waals surface area contributed by atoms with Gasteiger partial charge in [0, 0.05) is 17.8 Å². The summed E-state index contributed by atoms with van der Waals surface area (Å²) < 4.78 is 2.37. The number of nitrogens with one attached hydrogen (secondary N) is 2. The molecule has 0 amide bonds. The lowest BCUT2D eigenvalue weighted by Gasteiger charge is -2.03. The Hall–Kier alpha value is -2.28. The van der Waals surface area contributed by atoms with E-state index in [0.717, 1.165) is 11.4 Å². The van der Waals surface area contributed by atoms with Crippen molar-refractivity contribution in [2.24, 2.45) is 0 Å². The van der Waals surface area contributed by atoms with Crippen LogP contribution in [-0.4, -0.2) is 29.9 Å². The second-order valence-electron chi connectivity index (χ2n) is 4.88. The Morgan fingerprint density at radius 2 is 2.15 bits per heavy atom. The molecule has 0 radical (unpaired) electrons. The minimum absolute atomic E-state index is 0.531. The third-order valence-corrected chi connectivity index (χ3v) is 3.69. The molecule has 0 atom stereocenters. The van der Waals surface area contributed by atoms with Gasteiger partial charge in [0.25, 0.3) is 0 Å². The molecule has 20 heavy (non-hydrogen) atoms. The SMILES string of the molecule is S=c1[nH]nc(-c2cc(C3CC3)[nH]n2)n1-c1cccnc1. The molecule has 0 unspecified atom stereocenters. The maximum atomic E-state index is 5.30. The summed E-state index contributed by atoms with van der Waals surface area (Å²) in [5.74, 6) is 1.33. The Kier molecular flexibility index (Phi) is 2.53. The van der Waals surface area contributed by atoms with E-state index in [0.29, 0.717) is 16.5 Å². The zero-order valence-corrected chi connectivity index (χ0v) is 11.4. The molecular weight excluding hydrogens is 272 g/mol. The molecule has 4 rings (SSSR count). The van der Waals surface area contributed by atoms with Crippen LogP contribution in [0.4, 0.5) is 0 Å². The van der Waals surface area contributed by atoms with Crippen LogP contribution in [-0.2, 0) is 0 Å². The Morgan fingerprint density at radius 1 is 1.25 bits per heavy atom. The van der Waals surface area contributed by atoms with E-state index in [1.807, 2.05) is 16.7 Å². The number of aromatic amines is 2. The number of hydrogen-bond donors (Lipinski definition) is 2. The molecule has 1 fully saturated rings. The first-order chi connectivity index (χ1) is 9.83. The first-order valence-corrected chi connectivity index (χ1v) is 6.87. The summed E-state index contributed by atoms with van der Waals surface area (Å²) in [5, 5.41) is 14.6. The molecule has 0 saturated heterocycles. The van der Waals surface area contributed by atoms with Crippen molar-refractivity contribution in [1.82, 2.24) is 29.9 Å². The summed E-state index contributed by atoms with van der Waals surface area (Å²) >= 11 is 5.30. The zero-order valence-electron chi connectivity index (χ0n) is 10.6. The third kappa shape index (κ3) is 1.87. The van der Waals surface area contributed by atoms with Gasteiger partial charge in [-0.3, -0.25) is 19.7 Å². The normalized spacial score (nSPS) is 14.6. The monoisotopic (exact) mass is 284 g/mol. The molecule has 0 aliphatic heterocycles. The van der Waals surface area contributed by atoms with E-state index in [4.69, 9.17) is 12.2 Å². The van der Waals surface area contributed by atoms with Crippen molar-refractivity contribution < 1.29 is 0 Å². The molecule has 7 heteroatoms. The molecular formula is C13H12N6S. The molecule has 6 nitrogen and oxygen atoms in total. The second-order valence-corrected chi connectivity index (χ2v) is 5.27. The summed E-state index contributed by atoms with van der Waals surface area (Å²) in [6, 6.07) is 5.86. The van der Waals surface area contributed by atoms with Gasteiger partial charge in [0.15, 0.2) is 10.6 Å². The number of pyridine rings is 1. The highest BCUT2D eigenvalue weighted by Gasteiger charge is 2.26. The van der Waals surface area contributed by atoms with Gasteiger partial charge < -0.3 is 0 Å². The van der Waals surface area contributed by atoms with Crippen LogP contribution in [0, 0.1) is 4.77 Å². The molecule has 100 valence electrons. The van der Waals surface area contributed by atoms with Gasteiger partial charge in [0.2, 0.25) is 0 Å². The van der Waals surface area contributed by atoms with E-state index in [2.05, 4.69) is 31.4 Å². The van der Waals surface area contributed by atoms with Crippen LogP contribution in [0.25, 0.3) is 17.2 Å². The molecule has 1 aliphatic carbocycles. The van der Waals surface area contributed by atoms with Crippen LogP contribution in [0.2, 0.25) is 0 Å². The average Bonchev–Trinajstić information content (AvgIpc) is 3.08. The average molecular weight is 284 g/mol. The van der Waals surface area contributed by atoms with Gasteiger partial charge >= 0.3 is 0 Å². The summed E-state index contributed by atoms with van der Waals surface area (Å²) in [7, 11) is 0. The van der Waals surface area contributed by atoms with Crippen molar-refractivity contribution in [3.8, 4) is 17.2 Å². The first kappa shape index (κ1) is 11.5. The third-order valence-electron chi connectivity index (χ3n) is 3.42. The summed E-state index contributed by atoms with van der Waals surface area (Å²) in [4.78, 5) is 4.12. The van der Waals surface area contributed by atoms with Gasteiger partial charge in [-0.15, -0.1) is 0 Å². The van der Waals surface area contributed by atoms with Crippen molar-refractivity contribution in [3.05, 3.63) is 41.1 Å². The van der Waals surface area contributed by atoms with Crippen molar-refractivity contribution in [2.45, 2.75) is 18.8 Å². The van der Waals surface area contributed by atoms with Crippen LogP contribution in [0.15, 0.2) is 30.6 Å². The van der Waals surface area contributed by atoms with Gasteiger partial charge in [-0.2, -0.15) is 10.2 Å². The zero-order chi connectivity index (χ0) is 13.5. The van der Waals surface area contributed by atoms with Gasteiger partial charge in [-0.25, -0.2) is 0 Å². The smallest absolute Gasteiger partial charge is 0.200 e. The van der Waals surface area contributed by atoms with Crippen LogP contribution >= 0.6 is 12.2 Å². The maximum absolute atomic E-state index is 5.30. The minimum Gasteiger partial charge on any atom is -0.282 e. The Labute approximate surface area is 119 Å². The Bertz CT molecular complexity index is 796. The number of rotatable bonds is 3. The van der Waals surface area contributed by atoms with Crippen LogP contribution in [0.3, 0.4) is 0 Å². The molecule has 3 aromatic rings. The van der Waals surface area contributed by atoms with Gasteiger partial charge in [-0.05, 0) is 43.3 Å². The lowest BCUT2D eigenvalue weighted by Crippen LogP contribution is -1.98. The molecule has 0 aromatic carbocycles. The van der Waals surface area contributed by atoms with Crippen LogP contribution < -0.4 is 0 Å². The Balaban J connectivity index is 1.84. The first-order valence-electron chi connectivity index (χ1n) is 6.46. The fourth-order valence-electron chi connectivity index (χ4n) is 2.25. The molecule has 1 saturated carbocycles. The maximum Gasteiger partial charge on any atom is 0.200 e. The van der Waals surface area contributed by atoms with E-state index >= 15 is 0 Å². The van der Waals surface area contributed by atoms with Gasteiger partial charge in [-0.1, -0.05) is 0 Å². The van der Waals surface area contributed by atoms with Crippen LogP contribution in [0.1, 0.15) is 24.5 Å². The van der Waals surface area contributed by atoms with E-state index in [1.54, 1.807) is 12.4 Å². The summed E-state index contributed by atoms with van der Waals surface area (Å²) in [5.41, 5.74) is 2.84. The topological polar surface area (TPSA) is 75.2 Å². The fourth-order valence-corrected chi connectivity index (χ4v) is 2.49. The number of hydrogen-bond acceptors (Lipinski definition) is 4. The molecule has 3 aromatic heterocycles. The van der Waals surface area contributed by atoms with E-state index in [1.165, 1.54) is 18.5 Å². The molecule has 0 bridgehead atoms. The summed E-state index contributed by atoms with van der Waals surface area (Å²) in [6.07, 6.45) is 5.95. The number of H-pyrrole nitrogens is 2. The quantitative estimate of drug-likeness (QED) is 0.725. The highest BCUT2D eigenvalue weighted by Crippen LogP contribution is 2.39. The van der Waals surface area contributed by atoms with Crippen LogP contribution in [0.5, 0.6) is 0 Å². The summed E-state index contributed by atoms with van der Waals surface area (Å²) in [6.45, 7) is 0. The fraction of sp³-hybridized carbons (Fsp3) is 0.231. The van der Waals surface area contributed by atoms with Crippen molar-refractivity contribution in [1.29, 1.82) is 0 Å². The van der Waals surface area contributed by atoms with E-state index in [9.17, 15) is 0 Å². The highest BCUT2D eigenvalue weighted by atomic mass is 32.1. The predicted octanol–water partition coefficient (Wildman–Crippen LogP) is 2.59. The van der Waals surface area contributed by atoms with Gasteiger partial charge in [0.05, 0.1) is 11.9 Å². The number of nitrogens with zero attached hydrogens (tertiary/aromatic N) is 4. The lowest BCUT2D eigenvalue weighted by molar-refractivity contribution is 0.957. The Morgan fingerprint density at radius 3 is 2.90 bits per heavy atom. The second kappa shape index (κ2) is 4.38. The number of aromatic nitrogens is 6. The van der Waals surface area contributed by atoms with Gasteiger partial charge in [0.1, 0.15) is 5.69 Å². The van der Waals surface area contributed by atoms with E-state index in [-0.39, 0.29) is 0 Å². The van der Waals surface area contributed by atoms with E-state index < -0.39 is 0 Å². The standard InChI is InChI=1S/C13H12N6S/c20-13-18-17-12(19(13)9-2-1-5-14-7-9)11-6-10(15-16-11)8-3-4-8/h1-2,5-8H,3-4H2,(H,15,16)(H,18,20). The molecule has 1 aliphatic rings. The minimum atomic E-state index is 0.531. The molecule has 2 N–H and O–H groups in total. The molecule has 0 spiro atoms. The highest BCUT2D eigenvalue weighted by molar-refractivity contribution is 7.71. The lowest BCUT2D eigenvalue weighted by atomic mass is 10.2. The molecule has 3 heterocycles. The van der Waals surface area contributed by atoms with Crippen molar-refractivity contribution in [2.75, 3.05) is 0 Å². The predicted molar refractivity (Wildman–Crippen MR) is 76.1 cm³/mol.